The average Bonchev–Trinajstić information content (AvgIpc) is 2.40. The maximum Gasteiger partial charge on any atom is 0.323 e. The largest absolute Gasteiger partial charge is 0.480 e. The highest BCUT2D eigenvalue weighted by molar-refractivity contribution is 7.99. The molecule has 0 aromatic heterocycles. The average molecular weight is 314 g/mol. The van der Waals surface area contributed by atoms with E-state index >= 15 is 0 Å². The third-order valence-electron chi connectivity index (χ3n) is 2.44. The van der Waals surface area contributed by atoms with Gasteiger partial charge in [-0.25, -0.2) is 0 Å². The Morgan fingerprint density at radius 1 is 1.40 bits per heavy atom. The lowest BCUT2D eigenvalue weighted by Crippen LogP contribution is -2.35. The Hall–Kier alpha value is -1.46. The molecule has 0 saturated heterocycles. The lowest BCUT2D eigenvalue weighted by molar-refractivity contribution is -0.143. The summed E-state index contributed by atoms with van der Waals surface area (Å²) in [5.41, 5.74) is 0. The number of thioether (sulfide) groups is 1. The van der Waals surface area contributed by atoms with Gasteiger partial charge in [0.1, 0.15) is 6.54 Å². The summed E-state index contributed by atoms with van der Waals surface area (Å²) in [6.45, 7) is 3.45. The Balaban J connectivity index is 2.47. The molecule has 0 aliphatic carbocycles. The van der Waals surface area contributed by atoms with E-state index in [4.69, 9.17) is 16.7 Å². The van der Waals surface area contributed by atoms with E-state index in [0.717, 1.165) is 4.90 Å². The van der Waals surface area contributed by atoms with Gasteiger partial charge in [-0.1, -0.05) is 29.8 Å². The van der Waals surface area contributed by atoms with Crippen molar-refractivity contribution in [2.24, 2.45) is 0 Å². The lowest BCUT2D eigenvalue weighted by Gasteiger charge is -2.18. The monoisotopic (exact) mass is 313 g/mol. The number of carboxylic acids is 1. The first-order valence-corrected chi connectivity index (χ1v) is 7.38. The number of carboxylic acid groups (broad SMARTS) is 1. The number of hydrogen-bond donors (Lipinski definition) is 1. The third-order valence-corrected chi connectivity index (χ3v) is 3.96. The minimum Gasteiger partial charge on any atom is -0.480 e. The Morgan fingerprint density at radius 2 is 2.10 bits per heavy atom. The first-order chi connectivity index (χ1) is 9.54. The highest BCUT2D eigenvalue weighted by atomic mass is 35.5. The van der Waals surface area contributed by atoms with Crippen LogP contribution in [0.3, 0.4) is 0 Å². The van der Waals surface area contributed by atoms with Gasteiger partial charge in [0, 0.05) is 23.6 Å². The van der Waals surface area contributed by atoms with Crippen molar-refractivity contribution in [1.29, 1.82) is 0 Å². The van der Waals surface area contributed by atoms with Crippen LogP contribution in [0.15, 0.2) is 41.8 Å². The minimum absolute atomic E-state index is 0.202. The molecule has 0 spiro atoms. The van der Waals surface area contributed by atoms with Gasteiger partial charge >= 0.3 is 5.97 Å². The van der Waals surface area contributed by atoms with Crippen LogP contribution < -0.4 is 0 Å². The van der Waals surface area contributed by atoms with Gasteiger partial charge in [-0.2, -0.15) is 0 Å². The van der Waals surface area contributed by atoms with Crippen LogP contribution in [0, 0.1) is 0 Å². The molecular weight excluding hydrogens is 298 g/mol. The van der Waals surface area contributed by atoms with E-state index in [0.29, 0.717) is 10.8 Å². The van der Waals surface area contributed by atoms with E-state index in [9.17, 15) is 9.59 Å². The number of rotatable bonds is 8. The molecule has 4 nitrogen and oxygen atoms in total. The van der Waals surface area contributed by atoms with Crippen molar-refractivity contribution < 1.29 is 14.7 Å². The lowest BCUT2D eigenvalue weighted by atomic mass is 10.3. The van der Waals surface area contributed by atoms with E-state index < -0.39 is 5.97 Å². The van der Waals surface area contributed by atoms with E-state index in [1.807, 2.05) is 18.2 Å². The summed E-state index contributed by atoms with van der Waals surface area (Å²) in [5, 5.41) is 9.40. The summed E-state index contributed by atoms with van der Waals surface area (Å²) >= 11 is 7.49. The molecule has 0 atom stereocenters. The summed E-state index contributed by atoms with van der Waals surface area (Å²) in [5.74, 6) is -0.679. The molecule has 0 aliphatic rings. The number of aliphatic carboxylic acids is 1. The molecule has 1 aromatic carbocycles. The number of benzene rings is 1. The van der Waals surface area contributed by atoms with Crippen LogP contribution in [-0.4, -0.2) is 40.7 Å². The van der Waals surface area contributed by atoms with Gasteiger partial charge in [-0.15, -0.1) is 18.3 Å². The molecular formula is C14H16ClNO3S. The summed E-state index contributed by atoms with van der Waals surface area (Å²) in [7, 11) is 0. The second-order valence-electron chi connectivity index (χ2n) is 3.99. The molecule has 108 valence electrons. The van der Waals surface area contributed by atoms with Gasteiger partial charge in [0.05, 0.1) is 5.02 Å². The molecule has 6 heteroatoms. The number of amides is 1. The predicted molar refractivity (Wildman–Crippen MR) is 81.2 cm³/mol. The van der Waals surface area contributed by atoms with E-state index in [1.54, 1.807) is 6.07 Å². The van der Waals surface area contributed by atoms with Crippen LogP contribution in [0.4, 0.5) is 0 Å². The smallest absolute Gasteiger partial charge is 0.323 e. The van der Waals surface area contributed by atoms with Gasteiger partial charge in [0.2, 0.25) is 5.91 Å². The number of carbonyl (C=O) groups excluding carboxylic acids is 1. The van der Waals surface area contributed by atoms with Crippen molar-refractivity contribution in [3.63, 3.8) is 0 Å². The molecule has 0 bridgehead atoms. The van der Waals surface area contributed by atoms with Gasteiger partial charge in [-0.05, 0) is 12.1 Å². The first kappa shape index (κ1) is 16.6. The molecule has 1 rings (SSSR count). The van der Waals surface area contributed by atoms with E-state index in [2.05, 4.69) is 6.58 Å². The first-order valence-electron chi connectivity index (χ1n) is 6.02. The molecule has 0 fully saturated rings. The van der Waals surface area contributed by atoms with Crippen LogP contribution >= 0.6 is 23.4 Å². The zero-order valence-electron chi connectivity index (χ0n) is 10.9. The summed E-state index contributed by atoms with van der Waals surface area (Å²) in [6, 6.07) is 7.40. The van der Waals surface area contributed by atoms with E-state index in [1.165, 1.54) is 22.7 Å². The second-order valence-corrected chi connectivity index (χ2v) is 5.53. The molecule has 0 saturated carbocycles. The maximum atomic E-state index is 11.9. The van der Waals surface area contributed by atoms with Crippen molar-refractivity contribution in [2.45, 2.75) is 11.3 Å². The summed E-state index contributed by atoms with van der Waals surface area (Å²) < 4.78 is 0. The highest BCUT2D eigenvalue weighted by Gasteiger charge is 2.15. The number of hydrogen-bond acceptors (Lipinski definition) is 3. The maximum absolute atomic E-state index is 11.9. The van der Waals surface area contributed by atoms with Crippen LogP contribution in [0.25, 0.3) is 0 Å². The summed E-state index contributed by atoms with van der Waals surface area (Å²) in [6.07, 6.45) is 1.78. The van der Waals surface area contributed by atoms with Crippen molar-refractivity contribution >= 4 is 35.2 Å². The Morgan fingerprint density at radius 3 is 2.70 bits per heavy atom. The van der Waals surface area contributed by atoms with Gasteiger partial charge in [-0.3, -0.25) is 9.59 Å². The van der Waals surface area contributed by atoms with Crippen molar-refractivity contribution in [3.8, 4) is 0 Å². The van der Waals surface area contributed by atoms with Crippen molar-refractivity contribution in [3.05, 3.63) is 41.9 Å². The fourth-order valence-corrected chi connectivity index (χ4v) is 2.72. The molecule has 1 amide bonds. The van der Waals surface area contributed by atoms with Gasteiger partial charge in [0.15, 0.2) is 0 Å². The van der Waals surface area contributed by atoms with Crippen LogP contribution in [0.5, 0.6) is 0 Å². The third kappa shape index (κ3) is 5.67. The number of carbonyl (C=O) groups is 2. The standard InChI is InChI=1S/C14H16ClNO3S/c1-2-8-16(10-14(18)19)13(17)7-9-20-12-6-4-3-5-11(12)15/h2-6H,1,7-10H2,(H,18,19). The molecule has 20 heavy (non-hydrogen) atoms. The minimum atomic E-state index is -1.03. The van der Waals surface area contributed by atoms with Crippen LogP contribution in [0.2, 0.25) is 5.02 Å². The molecule has 1 aromatic rings. The molecule has 0 radical (unpaired) electrons. The quantitative estimate of drug-likeness (QED) is 0.592. The number of halogens is 1. The Kier molecular flexibility index (Phi) is 7.18. The molecule has 0 aliphatic heterocycles. The number of nitrogens with zero attached hydrogens (tertiary/aromatic N) is 1. The SMILES string of the molecule is C=CCN(CC(=O)O)C(=O)CCSc1ccccc1Cl. The Bertz CT molecular complexity index is 493. The van der Waals surface area contributed by atoms with Crippen molar-refractivity contribution in [2.75, 3.05) is 18.8 Å². The summed E-state index contributed by atoms with van der Waals surface area (Å²) in [4.78, 5) is 24.8. The van der Waals surface area contributed by atoms with E-state index in [-0.39, 0.29) is 25.4 Å². The zero-order chi connectivity index (χ0) is 15.0. The van der Waals surface area contributed by atoms with Gasteiger partial charge < -0.3 is 10.0 Å². The Labute approximate surface area is 127 Å². The topological polar surface area (TPSA) is 57.6 Å². The fraction of sp³-hybridized carbons (Fsp3) is 0.286. The van der Waals surface area contributed by atoms with Crippen LogP contribution in [-0.2, 0) is 9.59 Å². The van der Waals surface area contributed by atoms with Crippen molar-refractivity contribution in [1.82, 2.24) is 4.90 Å². The molecule has 0 heterocycles. The molecule has 1 N–H and O–H groups in total. The zero-order valence-corrected chi connectivity index (χ0v) is 12.5. The second kappa shape index (κ2) is 8.66. The van der Waals surface area contributed by atoms with Crippen LogP contribution in [0.1, 0.15) is 6.42 Å². The normalized spacial score (nSPS) is 10.1. The van der Waals surface area contributed by atoms with Gasteiger partial charge in [0.25, 0.3) is 0 Å². The fourth-order valence-electron chi connectivity index (χ4n) is 1.54. The molecule has 0 unspecified atom stereocenters. The highest BCUT2D eigenvalue weighted by Crippen LogP contribution is 2.27. The predicted octanol–water partition coefficient (Wildman–Crippen LogP) is 2.92.